The summed E-state index contributed by atoms with van der Waals surface area (Å²) in [5.74, 6) is 0.716. The van der Waals surface area contributed by atoms with Gasteiger partial charge in [-0.2, -0.15) is 0 Å². The first-order valence-electron chi connectivity index (χ1n) is 6.47. The molecule has 0 N–H and O–H groups in total. The van der Waals surface area contributed by atoms with Gasteiger partial charge in [0.2, 0.25) is 0 Å². The average Bonchev–Trinajstić information content (AvgIpc) is 2.43. The third-order valence-corrected chi connectivity index (χ3v) is 3.60. The summed E-state index contributed by atoms with van der Waals surface area (Å²) in [5, 5.41) is 0.554. The Hall–Kier alpha value is -1.80. The van der Waals surface area contributed by atoms with E-state index in [0.717, 1.165) is 22.4 Å². The number of hydrogen-bond acceptors (Lipinski definition) is 2. The molecule has 0 atom stereocenters. The smallest absolute Gasteiger partial charge is 0.200 e. The molecule has 0 saturated heterocycles. The van der Waals surface area contributed by atoms with Crippen LogP contribution in [0, 0.1) is 20.8 Å². The van der Waals surface area contributed by atoms with Crippen LogP contribution >= 0.6 is 11.6 Å². The number of aryl methyl sites for hydroxylation is 2. The predicted octanol–water partition coefficient (Wildman–Crippen LogP) is 4.53. The number of ketones is 1. The average molecular weight is 289 g/mol. The van der Waals surface area contributed by atoms with Gasteiger partial charge >= 0.3 is 0 Å². The number of benzene rings is 2. The van der Waals surface area contributed by atoms with Gasteiger partial charge in [-0.3, -0.25) is 4.79 Å². The van der Waals surface area contributed by atoms with E-state index in [-0.39, 0.29) is 12.4 Å². The molecule has 0 spiro atoms. The molecule has 104 valence electrons. The van der Waals surface area contributed by atoms with E-state index in [4.69, 9.17) is 16.3 Å². The fraction of sp³-hybridized carbons (Fsp3) is 0.235. The van der Waals surface area contributed by atoms with Crippen molar-refractivity contribution < 1.29 is 9.53 Å². The molecule has 2 aromatic carbocycles. The molecule has 0 amide bonds. The van der Waals surface area contributed by atoms with Gasteiger partial charge in [0.1, 0.15) is 5.75 Å². The van der Waals surface area contributed by atoms with Gasteiger partial charge in [-0.15, -0.1) is 0 Å². The van der Waals surface area contributed by atoms with E-state index >= 15 is 0 Å². The van der Waals surface area contributed by atoms with Crippen LogP contribution in [0.15, 0.2) is 36.4 Å². The minimum Gasteiger partial charge on any atom is -0.485 e. The third kappa shape index (κ3) is 3.20. The molecule has 0 radical (unpaired) electrons. The molecule has 20 heavy (non-hydrogen) atoms. The molecular formula is C17H17ClO2. The molecule has 0 unspecified atom stereocenters. The van der Waals surface area contributed by atoms with Crippen LogP contribution in [-0.2, 0) is 0 Å². The van der Waals surface area contributed by atoms with Crippen LogP contribution in [0.25, 0.3) is 0 Å². The van der Waals surface area contributed by atoms with Crippen LogP contribution < -0.4 is 4.74 Å². The number of Topliss-reactive ketones (excluding diaryl/α,β-unsaturated/α-hetero) is 1. The number of carbonyl (C=O) groups is 1. The summed E-state index contributed by atoms with van der Waals surface area (Å²) in [4.78, 5) is 12.1. The van der Waals surface area contributed by atoms with Gasteiger partial charge in [0.15, 0.2) is 12.4 Å². The molecule has 0 aliphatic carbocycles. The van der Waals surface area contributed by atoms with Gasteiger partial charge in [-0.1, -0.05) is 35.9 Å². The molecule has 0 aromatic heterocycles. The highest BCUT2D eigenvalue weighted by atomic mass is 35.5. The van der Waals surface area contributed by atoms with Crippen molar-refractivity contribution in [2.45, 2.75) is 20.8 Å². The Morgan fingerprint density at radius 2 is 1.80 bits per heavy atom. The third-order valence-electron chi connectivity index (χ3n) is 3.37. The van der Waals surface area contributed by atoms with E-state index in [9.17, 15) is 4.79 Å². The molecule has 2 aromatic rings. The molecule has 0 heterocycles. The minimum absolute atomic E-state index is 0.0193. The van der Waals surface area contributed by atoms with E-state index in [1.165, 1.54) is 0 Å². The van der Waals surface area contributed by atoms with E-state index in [2.05, 4.69) is 6.07 Å². The molecule has 0 saturated carbocycles. The second-order valence-corrected chi connectivity index (χ2v) is 5.31. The summed E-state index contributed by atoms with van der Waals surface area (Å²) in [6, 6.07) is 11.0. The Balaban J connectivity index is 2.13. The zero-order chi connectivity index (χ0) is 14.7. The van der Waals surface area contributed by atoms with E-state index in [0.29, 0.717) is 10.6 Å². The lowest BCUT2D eigenvalue weighted by molar-refractivity contribution is 0.0920. The van der Waals surface area contributed by atoms with Crippen LogP contribution in [-0.4, -0.2) is 12.4 Å². The number of rotatable bonds is 4. The number of ether oxygens (including phenoxy) is 1. The molecule has 3 heteroatoms. The van der Waals surface area contributed by atoms with Crippen molar-refractivity contribution in [3.8, 4) is 5.75 Å². The summed E-state index contributed by atoms with van der Waals surface area (Å²) in [5.41, 5.74) is 3.83. The highest BCUT2D eigenvalue weighted by Crippen LogP contribution is 2.25. The molecule has 0 bridgehead atoms. The Morgan fingerprint density at radius 1 is 1.10 bits per heavy atom. The van der Waals surface area contributed by atoms with Crippen LogP contribution in [0.3, 0.4) is 0 Å². The maximum absolute atomic E-state index is 12.1. The number of halogens is 1. The van der Waals surface area contributed by atoms with Crippen molar-refractivity contribution in [1.82, 2.24) is 0 Å². The first-order chi connectivity index (χ1) is 9.49. The van der Waals surface area contributed by atoms with Crippen molar-refractivity contribution in [1.29, 1.82) is 0 Å². The van der Waals surface area contributed by atoms with Crippen molar-refractivity contribution >= 4 is 17.4 Å². The summed E-state index contributed by atoms with van der Waals surface area (Å²) in [6.45, 7) is 6.03. The summed E-state index contributed by atoms with van der Waals surface area (Å²) < 4.78 is 5.71. The Morgan fingerprint density at radius 3 is 2.50 bits per heavy atom. The molecular weight excluding hydrogens is 272 g/mol. The first kappa shape index (κ1) is 14.6. The molecule has 0 fully saturated rings. The fourth-order valence-electron chi connectivity index (χ4n) is 2.03. The molecule has 2 nitrogen and oxygen atoms in total. The monoisotopic (exact) mass is 288 g/mol. The van der Waals surface area contributed by atoms with Gasteiger partial charge in [-0.05, 0) is 49.6 Å². The Bertz CT molecular complexity index is 647. The lowest BCUT2D eigenvalue weighted by Crippen LogP contribution is -2.13. The van der Waals surface area contributed by atoms with Crippen LogP contribution in [0.5, 0.6) is 5.75 Å². The van der Waals surface area contributed by atoms with Gasteiger partial charge in [0.25, 0.3) is 0 Å². The van der Waals surface area contributed by atoms with E-state index in [1.807, 2.05) is 26.8 Å². The fourth-order valence-corrected chi connectivity index (χ4v) is 2.22. The molecule has 0 aliphatic rings. The standard InChI is InChI=1S/C17H17ClO2/c1-11-7-8-12(2)17(13(11)3)20-10-16(19)14-5-4-6-15(18)9-14/h4-9H,10H2,1-3H3. The largest absolute Gasteiger partial charge is 0.485 e. The first-order valence-corrected chi connectivity index (χ1v) is 6.85. The predicted molar refractivity (Wildman–Crippen MR) is 81.9 cm³/mol. The second kappa shape index (κ2) is 6.10. The summed E-state index contributed by atoms with van der Waals surface area (Å²) in [6.07, 6.45) is 0. The topological polar surface area (TPSA) is 26.3 Å². The zero-order valence-electron chi connectivity index (χ0n) is 11.9. The summed E-state index contributed by atoms with van der Waals surface area (Å²) in [7, 11) is 0. The van der Waals surface area contributed by atoms with Crippen molar-refractivity contribution in [3.05, 3.63) is 63.7 Å². The second-order valence-electron chi connectivity index (χ2n) is 4.88. The van der Waals surface area contributed by atoms with Crippen LogP contribution in [0.1, 0.15) is 27.0 Å². The minimum atomic E-state index is -0.0761. The van der Waals surface area contributed by atoms with Crippen molar-refractivity contribution in [3.63, 3.8) is 0 Å². The van der Waals surface area contributed by atoms with Gasteiger partial charge in [-0.25, -0.2) is 0 Å². The van der Waals surface area contributed by atoms with Gasteiger partial charge in [0, 0.05) is 10.6 Å². The highest BCUT2D eigenvalue weighted by molar-refractivity contribution is 6.31. The molecule has 2 rings (SSSR count). The Kier molecular flexibility index (Phi) is 4.46. The Labute approximate surface area is 124 Å². The van der Waals surface area contributed by atoms with Crippen molar-refractivity contribution in [2.75, 3.05) is 6.61 Å². The van der Waals surface area contributed by atoms with Crippen LogP contribution in [0.2, 0.25) is 5.02 Å². The normalized spacial score (nSPS) is 10.4. The lowest BCUT2D eigenvalue weighted by atomic mass is 10.1. The van der Waals surface area contributed by atoms with E-state index < -0.39 is 0 Å². The maximum atomic E-state index is 12.1. The number of carbonyl (C=O) groups excluding carboxylic acids is 1. The van der Waals surface area contributed by atoms with Gasteiger partial charge < -0.3 is 4.74 Å². The summed E-state index contributed by atoms with van der Waals surface area (Å²) >= 11 is 5.88. The van der Waals surface area contributed by atoms with Crippen molar-refractivity contribution in [2.24, 2.45) is 0 Å². The highest BCUT2D eigenvalue weighted by Gasteiger charge is 2.11. The SMILES string of the molecule is Cc1ccc(C)c(OCC(=O)c2cccc(Cl)c2)c1C. The zero-order valence-corrected chi connectivity index (χ0v) is 12.6. The molecule has 0 aliphatic heterocycles. The van der Waals surface area contributed by atoms with E-state index in [1.54, 1.807) is 24.3 Å². The van der Waals surface area contributed by atoms with Gasteiger partial charge in [0.05, 0.1) is 0 Å². The quantitative estimate of drug-likeness (QED) is 0.773. The lowest BCUT2D eigenvalue weighted by Gasteiger charge is -2.13. The van der Waals surface area contributed by atoms with Crippen LogP contribution in [0.4, 0.5) is 0 Å². The number of hydrogen-bond donors (Lipinski definition) is 0. The maximum Gasteiger partial charge on any atom is 0.200 e.